The molecule has 0 aromatic heterocycles. The van der Waals surface area contributed by atoms with Gasteiger partial charge in [-0.1, -0.05) is 25.7 Å². The molecular formula is C13H26O2. The van der Waals surface area contributed by atoms with Crippen LogP contribution in [0.15, 0.2) is 0 Å². The van der Waals surface area contributed by atoms with E-state index in [1.807, 2.05) is 6.92 Å². The number of hydrogen-bond donors (Lipinski definition) is 1. The fourth-order valence-corrected chi connectivity index (χ4v) is 2.20. The van der Waals surface area contributed by atoms with E-state index < -0.39 is 0 Å². The highest BCUT2D eigenvalue weighted by molar-refractivity contribution is 4.63. The standard InChI is InChI=1S/C13H26O2/c1-12(14)8-6-7-11-15-13-9-4-2-3-5-10-13/h12-14H,2-11H2,1H3. The second-order valence-electron chi connectivity index (χ2n) is 4.83. The number of aliphatic hydroxyl groups excluding tert-OH is 1. The van der Waals surface area contributed by atoms with E-state index >= 15 is 0 Å². The Morgan fingerprint density at radius 3 is 2.40 bits per heavy atom. The van der Waals surface area contributed by atoms with Gasteiger partial charge in [0.1, 0.15) is 0 Å². The van der Waals surface area contributed by atoms with Crippen LogP contribution in [-0.2, 0) is 4.74 Å². The topological polar surface area (TPSA) is 29.5 Å². The highest BCUT2D eigenvalue weighted by Crippen LogP contribution is 2.20. The molecule has 0 radical (unpaired) electrons. The monoisotopic (exact) mass is 214 g/mol. The van der Waals surface area contributed by atoms with Crippen LogP contribution in [0.2, 0.25) is 0 Å². The van der Waals surface area contributed by atoms with Crippen LogP contribution in [0.4, 0.5) is 0 Å². The summed E-state index contributed by atoms with van der Waals surface area (Å²) in [5.74, 6) is 0. The zero-order valence-electron chi connectivity index (χ0n) is 10.1. The molecule has 0 aromatic carbocycles. The summed E-state index contributed by atoms with van der Waals surface area (Å²) < 4.78 is 5.86. The number of unbranched alkanes of at least 4 members (excludes halogenated alkanes) is 1. The first-order valence-electron chi connectivity index (χ1n) is 6.58. The van der Waals surface area contributed by atoms with Gasteiger partial charge in [-0.3, -0.25) is 0 Å². The SMILES string of the molecule is CC(O)CCCCOC1CCCCCC1. The molecule has 0 aliphatic heterocycles. The fourth-order valence-electron chi connectivity index (χ4n) is 2.20. The molecule has 1 unspecified atom stereocenters. The molecule has 1 aliphatic rings. The van der Waals surface area contributed by atoms with Crippen LogP contribution in [0.25, 0.3) is 0 Å². The summed E-state index contributed by atoms with van der Waals surface area (Å²) in [7, 11) is 0. The Labute approximate surface area is 94.0 Å². The number of aliphatic hydroxyl groups is 1. The number of rotatable bonds is 6. The number of ether oxygens (including phenoxy) is 1. The van der Waals surface area contributed by atoms with Crippen molar-refractivity contribution < 1.29 is 9.84 Å². The minimum absolute atomic E-state index is 0.150. The first-order valence-corrected chi connectivity index (χ1v) is 6.58. The van der Waals surface area contributed by atoms with E-state index in [1.165, 1.54) is 38.5 Å². The molecule has 2 heteroatoms. The Morgan fingerprint density at radius 2 is 1.80 bits per heavy atom. The van der Waals surface area contributed by atoms with Crippen molar-refractivity contribution in [3.8, 4) is 0 Å². The van der Waals surface area contributed by atoms with Crippen molar-refractivity contribution in [2.24, 2.45) is 0 Å². The van der Waals surface area contributed by atoms with E-state index in [0.29, 0.717) is 6.10 Å². The summed E-state index contributed by atoms with van der Waals surface area (Å²) in [6.45, 7) is 2.74. The third kappa shape index (κ3) is 6.91. The molecule has 0 bridgehead atoms. The van der Waals surface area contributed by atoms with Crippen LogP contribution in [0.1, 0.15) is 64.7 Å². The fraction of sp³-hybridized carbons (Fsp3) is 1.00. The van der Waals surface area contributed by atoms with Crippen molar-refractivity contribution in [2.75, 3.05) is 6.61 Å². The normalized spacial score (nSPS) is 21.2. The highest BCUT2D eigenvalue weighted by Gasteiger charge is 2.11. The van der Waals surface area contributed by atoms with Gasteiger partial charge in [-0.25, -0.2) is 0 Å². The van der Waals surface area contributed by atoms with Gasteiger partial charge in [0.15, 0.2) is 0 Å². The van der Waals surface area contributed by atoms with Crippen molar-refractivity contribution >= 4 is 0 Å². The second kappa shape index (κ2) is 8.12. The molecule has 15 heavy (non-hydrogen) atoms. The Hall–Kier alpha value is -0.0800. The van der Waals surface area contributed by atoms with Gasteiger partial charge in [0.05, 0.1) is 12.2 Å². The lowest BCUT2D eigenvalue weighted by molar-refractivity contribution is 0.0394. The van der Waals surface area contributed by atoms with Crippen LogP contribution >= 0.6 is 0 Å². The maximum atomic E-state index is 9.10. The molecule has 0 spiro atoms. The molecule has 0 amide bonds. The van der Waals surface area contributed by atoms with Gasteiger partial charge in [0.2, 0.25) is 0 Å². The zero-order chi connectivity index (χ0) is 10.9. The maximum Gasteiger partial charge on any atom is 0.0575 e. The summed E-state index contributed by atoms with van der Waals surface area (Å²) in [4.78, 5) is 0. The third-order valence-electron chi connectivity index (χ3n) is 3.17. The summed E-state index contributed by atoms with van der Waals surface area (Å²) >= 11 is 0. The molecule has 1 fully saturated rings. The Bertz CT molecular complexity index is 137. The Kier molecular flexibility index (Phi) is 7.03. The predicted molar refractivity (Wildman–Crippen MR) is 63.0 cm³/mol. The van der Waals surface area contributed by atoms with E-state index in [-0.39, 0.29) is 6.10 Å². The molecule has 1 atom stereocenters. The van der Waals surface area contributed by atoms with Crippen LogP contribution in [0, 0.1) is 0 Å². The lowest BCUT2D eigenvalue weighted by atomic mass is 10.1. The molecular weight excluding hydrogens is 188 g/mol. The molecule has 1 saturated carbocycles. The lowest BCUT2D eigenvalue weighted by Gasteiger charge is -2.15. The van der Waals surface area contributed by atoms with Gasteiger partial charge < -0.3 is 9.84 Å². The maximum absolute atomic E-state index is 9.10. The molecule has 0 aromatic rings. The molecule has 0 saturated heterocycles. The summed E-state index contributed by atoms with van der Waals surface area (Å²) in [5, 5.41) is 9.10. The van der Waals surface area contributed by atoms with Crippen molar-refractivity contribution in [2.45, 2.75) is 76.9 Å². The molecule has 2 nitrogen and oxygen atoms in total. The van der Waals surface area contributed by atoms with Crippen molar-refractivity contribution in [1.82, 2.24) is 0 Å². The highest BCUT2D eigenvalue weighted by atomic mass is 16.5. The quantitative estimate of drug-likeness (QED) is 0.543. The molecule has 1 aliphatic carbocycles. The smallest absolute Gasteiger partial charge is 0.0575 e. The van der Waals surface area contributed by atoms with E-state index in [1.54, 1.807) is 0 Å². The van der Waals surface area contributed by atoms with E-state index in [4.69, 9.17) is 9.84 Å². The third-order valence-corrected chi connectivity index (χ3v) is 3.17. The first-order chi connectivity index (χ1) is 7.29. The molecule has 1 N–H and O–H groups in total. The summed E-state index contributed by atoms with van der Waals surface area (Å²) in [6.07, 6.45) is 11.5. The minimum Gasteiger partial charge on any atom is -0.393 e. The van der Waals surface area contributed by atoms with Gasteiger partial charge in [0, 0.05) is 6.61 Å². The first kappa shape index (κ1) is 13.0. The average Bonchev–Trinajstić information content (AvgIpc) is 2.45. The summed E-state index contributed by atoms with van der Waals surface area (Å²) in [5.41, 5.74) is 0. The molecule has 0 heterocycles. The van der Waals surface area contributed by atoms with Gasteiger partial charge in [-0.05, 0) is 39.0 Å². The van der Waals surface area contributed by atoms with Gasteiger partial charge >= 0.3 is 0 Å². The largest absolute Gasteiger partial charge is 0.393 e. The van der Waals surface area contributed by atoms with E-state index in [9.17, 15) is 0 Å². The Balaban J connectivity index is 1.94. The zero-order valence-corrected chi connectivity index (χ0v) is 10.1. The predicted octanol–water partition coefficient (Wildman–Crippen LogP) is 3.28. The van der Waals surface area contributed by atoms with Crippen LogP contribution < -0.4 is 0 Å². The number of hydrogen-bond acceptors (Lipinski definition) is 2. The van der Waals surface area contributed by atoms with E-state index in [0.717, 1.165) is 25.9 Å². The van der Waals surface area contributed by atoms with Gasteiger partial charge in [-0.2, -0.15) is 0 Å². The van der Waals surface area contributed by atoms with Crippen LogP contribution in [0.5, 0.6) is 0 Å². The average molecular weight is 214 g/mol. The second-order valence-corrected chi connectivity index (χ2v) is 4.83. The van der Waals surface area contributed by atoms with Crippen molar-refractivity contribution in [1.29, 1.82) is 0 Å². The van der Waals surface area contributed by atoms with E-state index in [2.05, 4.69) is 0 Å². The Morgan fingerprint density at radius 1 is 1.13 bits per heavy atom. The molecule has 90 valence electrons. The van der Waals surface area contributed by atoms with Crippen LogP contribution in [0.3, 0.4) is 0 Å². The van der Waals surface area contributed by atoms with Crippen LogP contribution in [-0.4, -0.2) is 23.9 Å². The lowest BCUT2D eigenvalue weighted by Crippen LogP contribution is -2.12. The minimum atomic E-state index is -0.150. The van der Waals surface area contributed by atoms with Gasteiger partial charge in [-0.15, -0.1) is 0 Å². The molecule has 1 rings (SSSR count). The van der Waals surface area contributed by atoms with Crippen molar-refractivity contribution in [3.05, 3.63) is 0 Å². The van der Waals surface area contributed by atoms with Crippen molar-refractivity contribution in [3.63, 3.8) is 0 Å². The summed E-state index contributed by atoms with van der Waals surface area (Å²) in [6, 6.07) is 0. The van der Waals surface area contributed by atoms with Gasteiger partial charge in [0.25, 0.3) is 0 Å².